The summed E-state index contributed by atoms with van der Waals surface area (Å²) in [5, 5.41) is 14.0. The maximum atomic E-state index is 4.98. The molecule has 0 aliphatic heterocycles. The minimum absolute atomic E-state index is 0.264. The fourth-order valence-corrected chi connectivity index (χ4v) is 8.06. The first kappa shape index (κ1) is 20.2. The Morgan fingerprint density at radius 3 is 2.16 bits per heavy atom. The van der Waals surface area contributed by atoms with Crippen LogP contribution in [0.15, 0.2) is 60.7 Å². The molecular weight excluding hydrogens is 392 g/mol. The lowest BCUT2D eigenvalue weighted by molar-refractivity contribution is -0.118. The van der Waals surface area contributed by atoms with Crippen molar-refractivity contribution in [3.05, 3.63) is 71.9 Å². The second kappa shape index (κ2) is 7.28. The van der Waals surface area contributed by atoms with Gasteiger partial charge in [0.15, 0.2) is 0 Å². The molecule has 4 fully saturated rings. The standard InChI is InChI=1S/C28H34N4/c1-26-13-22-14-27(2,18-26)20-28(15-22,19-26)29-16-24-25(23-11-7-4-8-12-23)31-32(30-24)17-21-9-5-3-6-10-21/h3-12,22,29H,13-20H2,1-2H3/t22?,26-,27+,28?. The number of benzene rings is 2. The van der Waals surface area contributed by atoms with E-state index in [0.29, 0.717) is 17.4 Å². The van der Waals surface area contributed by atoms with Gasteiger partial charge >= 0.3 is 0 Å². The lowest BCUT2D eigenvalue weighted by Crippen LogP contribution is -2.63. The van der Waals surface area contributed by atoms with E-state index >= 15 is 0 Å². The second-order valence-corrected chi connectivity index (χ2v) is 11.6. The number of nitrogens with zero attached hydrogens (tertiary/aromatic N) is 3. The van der Waals surface area contributed by atoms with Crippen LogP contribution in [0.3, 0.4) is 0 Å². The van der Waals surface area contributed by atoms with Crippen molar-refractivity contribution in [2.75, 3.05) is 0 Å². The van der Waals surface area contributed by atoms with Gasteiger partial charge < -0.3 is 5.32 Å². The molecule has 4 heteroatoms. The largest absolute Gasteiger partial charge is 0.305 e. The van der Waals surface area contributed by atoms with Crippen molar-refractivity contribution in [2.45, 2.75) is 71.0 Å². The molecule has 0 radical (unpaired) electrons. The maximum Gasteiger partial charge on any atom is 0.117 e. The van der Waals surface area contributed by atoms with Gasteiger partial charge in [0.25, 0.3) is 0 Å². The fourth-order valence-electron chi connectivity index (χ4n) is 8.06. The average Bonchev–Trinajstić information content (AvgIpc) is 3.14. The average molecular weight is 427 g/mol. The summed E-state index contributed by atoms with van der Waals surface area (Å²) in [6.45, 7) is 6.57. The van der Waals surface area contributed by atoms with Crippen LogP contribution in [-0.2, 0) is 13.1 Å². The topological polar surface area (TPSA) is 42.7 Å². The predicted molar refractivity (Wildman–Crippen MR) is 128 cm³/mol. The molecular formula is C28H34N4. The van der Waals surface area contributed by atoms with Crippen molar-refractivity contribution in [1.29, 1.82) is 0 Å². The summed E-state index contributed by atoms with van der Waals surface area (Å²) in [6, 6.07) is 21.0. The zero-order valence-electron chi connectivity index (χ0n) is 19.3. The highest BCUT2D eigenvalue weighted by Gasteiger charge is 2.59. The van der Waals surface area contributed by atoms with Gasteiger partial charge in [0.05, 0.1) is 6.54 Å². The number of rotatable bonds is 6. The number of hydrogen-bond donors (Lipinski definition) is 1. The van der Waals surface area contributed by atoms with E-state index in [0.717, 1.165) is 29.4 Å². The molecule has 2 aromatic carbocycles. The highest BCUT2D eigenvalue weighted by atomic mass is 15.5. The Kier molecular flexibility index (Phi) is 4.59. The summed E-state index contributed by atoms with van der Waals surface area (Å²) in [5.74, 6) is 0.885. The Bertz CT molecular complexity index is 1080. The zero-order valence-corrected chi connectivity index (χ0v) is 19.3. The van der Waals surface area contributed by atoms with Crippen molar-refractivity contribution in [3.63, 3.8) is 0 Å². The van der Waals surface area contributed by atoms with Crippen molar-refractivity contribution in [1.82, 2.24) is 20.3 Å². The summed E-state index contributed by atoms with van der Waals surface area (Å²) < 4.78 is 0. The third kappa shape index (κ3) is 3.69. The first-order valence-corrected chi connectivity index (χ1v) is 12.2. The van der Waals surface area contributed by atoms with E-state index in [4.69, 9.17) is 10.2 Å². The second-order valence-electron chi connectivity index (χ2n) is 11.6. The van der Waals surface area contributed by atoms with Gasteiger partial charge in [-0.25, -0.2) is 0 Å². The molecule has 4 aliphatic carbocycles. The van der Waals surface area contributed by atoms with Crippen LogP contribution in [0.5, 0.6) is 0 Å². The smallest absolute Gasteiger partial charge is 0.117 e. The normalized spacial score (nSPS) is 33.0. The molecule has 166 valence electrons. The molecule has 1 aromatic heterocycles. The highest BCUT2D eigenvalue weighted by Crippen LogP contribution is 2.66. The molecule has 32 heavy (non-hydrogen) atoms. The Morgan fingerprint density at radius 2 is 1.50 bits per heavy atom. The highest BCUT2D eigenvalue weighted by molar-refractivity contribution is 5.61. The molecule has 3 aromatic rings. The summed E-state index contributed by atoms with van der Waals surface area (Å²) in [7, 11) is 0. The van der Waals surface area contributed by atoms with Gasteiger partial charge in [-0.3, -0.25) is 0 Å². The van der Waals surface area contributed by atoms with Crippen LogP contribution in [0.1, 0.15) is 63.6 Å². The molecule has 0 spiro atoms. The summed E-state index contributed by atoms with van der Waals surface area (Å²) in [6.07, 6.45) is 8.21. The van der Waals surface area contributed by atoms with Gasteiger partial charge in [0.1, 0.15) is 11.4 Å². The van der Waals surface area contributed by atoms with Crippen LogP contribution in [0.25, 0.3) is 11.3 Å². The summed E-state index contributed by atoms with van der Waals surface area (Å²) in [4.78, 5) is 1.87. The van der Waals surface area contributed by atoms with Crippen molar-refractivity contribution in [2.24, 2.45) is 16.7 Å². The Morgan fingerprint density at radius 1 is 0.844 bits per heavy atom. The number of aromatic nitrogens is 3. The number of nitrogens with one attached hydrogen (secondary N) is 1. The van der Waals surface area contributed by atoms with E-state index in [1.54, 1.807) is 0 Å². The maximum absolute atomic E-state index is 4.98. The van der Waals surface area contributed by atoms with Crippen molar-refractivity contribution < 1.29 is 0 Å². The Balaban J connectivity index is 1.28. The molecule has 7 rings (SSSR count). The third-order valence-electron chi connectivity index (χ3n) is 8.20. The predicted octanol–water partition coefficient (Wildman–Crippen LogP) is 5.83. The van der Waals surface area contributed by atoms with Gasteiger partial charge in [-0.05, 0) is 60.8 Å². The van der Waals surface area contributed by atoms with Crippen LogP contribution >= 0.6 is 0 Å². The van der Waals surface area contributed by atoms with Crippen LogP contribution in [0.4, 0.5) is 0 Å². The monoisotopic (exact) mass is 426 g/mol. The van der Waals surface area contributed by atoms with Gasteiger partial charge in [0.2, 0.25) is 0 Å². The van der Waals surface area contributed by atoms with E-state index in [1.165, 1.54) is 44.1 Å². The van der Waals surface area contributed by atoms with E-state index in [9.17, 15) is 0 Å². The molecule has 0 saturated heterocycles. The number of hydrogen-bond acceptors (Lipinski definition) is 3. The van der Waals surface area contributed by atoms with E-state index in [-0.39, 0.29) is 5.54 Å². The molecule has 4 saturated carbocycles. The minimum atomic E-state index is 0.264. The lowest BCUT2D eigenvalue weighted by atomic mass is 9.43. The van der Waals surface area contributed by atoms with E-state index in [1.807, 2.05) is 4.80 Å². The molecule has 2 unspecified atom stereocenters. The summed E-state index contributed by atoms with van der Waals surface area (Å²) in [5.41, 5.74) is 5.73. The van der Waals surface area contributed by atoms with Crippen LogP contribution < -0.4 is 5.32 Å². The minimum Gasteiger partial charge on any atom is -0.305 e. The molecule has 1 heterocycles. The molecule has 4 bridgehead atoms. The first-order valence-electron chi connectivity index (χ1n) is 12.2. The molecule has 4 atom stereocenters. The third-order valence-corrected chi connectivity index (χ3v) is 8.20. The Hall–Kier alpha value is -2.46. The van der Waals surface area contributed by atoms with Crippen LogP contribution in [0.2, 0.25) is 0 Å². The van der Waals surface area contributed by atoms with Gasteiger partial charge in [-0.1, -0.05) is 74.5 Å². The van der Waals surface area contributed by atoms with Gasteiger partial charge in [0, 0.05) is 17.6 Å². The SMILES string of the molecule is C[C@]12CC3CC(NCc4nn(Cc5ccccc5)nc4-c4ccccc4)(C1)C[C@@](C)(C3)C2. The fraction of sp³-hybridized carbons (Fsp3) is 0.500. The van der Waals surface area contributed by atoms with Gasteiger partial charge in [-0.15, -0.1) is 0 Å². The summed E-state index contributed by atoms with van der Waals surface area (Å²) >= 11 is 0. The lowest BCUT2D eigenvalue weighted by Gasteiger charge is -2.65. The van der Waals surface area contributed by atoms with Crippen molar-refractivity contribution in [3.8, 4) is 11.3 Å². The zero-order chi connectivity index (χ0) is 21.8. The Labute approximate surface area is 191 Å². The van der Waals surface area contributed by atoms with Gasteiger partial charge in [-0.2, -0.15) is 15.0 Å². The van der Waals surface area contributed by atoms with E-state index in [2.05, 4.69) is 79.8 Å². The van der Waals surface area contributed by atoms with Crippen molar-refractivity contribution >= 4 is 0 Å². The molecule has 4 aliphatic rings. The molecule has 1 N–H and O–H groups in total. The molecule has 0 amide bonds. The van der Waals surface area contributed by atoms with E-state index < -0.39 is 0 Å². The molecule has 4 nitrogen and oxygen atoms in total. The first-order chi connectivity index (χ1) is 15.4. The quantitative estimate of drug-likeness (QED) is 0.539. The van der Waals surface area contributed by atoms with Crippen LogP contribution in [-0.4, -0.2) is 20.5 Å². The van der Waals surface area contributed by atoms with Crippen LogP contribution in [0, 0.1) is 16.7 Å².